The smallest absolute Gasteiger partial charge is 0.123 e. The van der Waals surface area contributed by atoms with Gasteiger partial charge in [-0.1, -0.05) is 30.3 Å². The highest BCUT2D eigenvalue weighted by molar-refractivity contribution is 5.90. The van der Waals surface area contributed by atoms with E-state index in [9.17, 15) is 5.11 Å². The summed E-state index contributed by atoms with van der Waals surface area (Å²) in [6, 6.07) is 11.7. The van der Waals surface area contributed by atoms with Crippen molar-refractivity contribution in [2.45, 2.75) is 12.8 Å². The largest absolute Gasteiger partial charge is 0.507 e. The molecule has 0 bridgehead atoms. The molecule has 2 aromatic rings. The number of nitrogens with two attached hydrogens (primary N) is 1. The lowest BCUT2D eigenvalue weighted by Crippen LogP contribution is -2.00. The third-order valence-electron chi connectivity index (χ3n) is 2.64. The molecule has 0 atom stereocenters. The second-order valence-corrected chi connectivity index (χ2v) is 3.68. The SMILES string of the molecule is NCCCc1ccc(O)c2ccccc12. The number of phenols is 1. The fraction of sp³-hybridized carbons (Fsp3) is 0.231. The maximum absolute atomic E-state index is 9.70. The minimum atomic E-state index is 0.349. The van der Waals surface area contributed by atoms with Crippen molar-refractivity contribution < 1.29 is 5.11 Å². The number of rotatable bonds is 3. The normalized spacial score (nSPS) is 10.7. The summed E-state index contributed by atoms with van der Waals surface area (Å²) in [5.74, 6) is 0.349. The minimum absolute atomic E-state index is 0.349. The van der Waals surface area contributed by atoms with Crippen LogP contribution in [-0.4, -0.2) is 11.7 Å². The molecule has 2 heteroatoms. The second-order valence-electron chi connectivity index (χ2n) is 3.68. The van der Waals surface area contributed by atoms with Gasteiger partial charge in [0.05, 0.1) is 0 Å². The Balaban J connectivity index is 2.51. The Kier molecular flexibility index (Phi) is 2.88. The van der Waals surface area contributed by atoms with E-state index in [-0.39, 0.29) is 0 Å². The van der Waals surface area contributed by atoms with Crippen LogP contribution in [0.2, 0.25) is 0 Å². The molecule has 0 heterocycles. The van der Waals surface area contributed by atoms with E-state index < -0.39 is 0 Å². The molecule has 0 aliphatic carbocycles. The van der Waals surface area contributed by atoms with E-state index in [0.29, 0.717) is 12.3 Å². The highest BCUT2D eigenvalue weighted by atomic mass is 16.3. The van der Waals surface area contributed by atoms with Crippen LogP contribution in [0.4, 0.5) is 0 Å². The van der Waals surface area contributed by atoms with Crippen molar-refractivity contribution in [1.82, 2.24) is 0 Å². The van der Waals surface area contributed by atoms with E-state index in [1.165, 1.54) is 5.56 Å². The summed E-state index contributed by atoms with van der Waals surface area (Å²) in [5.41, 5.74) is 6.76. The van der Waals surface area contributed by atoms with Crippen LogP contribution in [0.1, 0.15) is 12.0 Å². The molecule has 2 aromatic carbocycles. The molecular formula is C13H15NO. The summed E-state index contributed by atoms with van der Waals surface area (Å²) in [5, 5.41) is 11.8. The number of fused-ring (bicyclic) bond motifs is 1. The Labute approximate surface area is 89.3 Å². The number of aryl methyl sites for hydroxylation is 1. The number of phenolic OH excluding ortho intramolecular Hbond substituents is 1. The molecule has 0 unspecified atom stereocenters. The number of aromatic hydroxyl groups is 1. The van der Waals surface area contributed by atoms with Gasteiger partial charge >= 0.3 is 0 Å². The quantitative estimate of drug-likeness (QED) is 0.801. The second kappa shape index (κ2) is 4.32. The maximum Gasteiger partial charge on any atom is 0.123 e. The van der Waals surface area contributed by atoms with E-state index in [1.54, 1.807) is 6.07 Å². The Bertz CT molecular complexity index is 465. The first kappa shape index (κ1) is 9.99. The maximum atomic E-state index is 9.70. The molecule has 2 rings (SSSR count). The van der Waals surface area contributed by atoms with Gasteiger partial charge in [-0.15, -0.1) is 0 Å². The van der Waals surface area contributed by atoms with Gasteiger partial charge in [-0.3, -0.25) is 0 Å². The molecule has 0 saturated carbocycles. The van der Waals surface area contributed by atoms with Gasteiger partial charge in [0.15, 0.2) is 0 Å². The zero-order valence-electron chi connectivity index (χ0n) is 8.61. The van der Waals surface area contributed by atoms with E-state index in [1.807, 2.05) is 30.3 Å². The van der Waals surface area contributed by atoms with Crippen molar-refractivity contribution >= 4 is 10.8 Å². The van der Waals surface area contributed by atoms with Gasteiger partial charge in [0.25, 0.3) is 0 Å². The molecule has 0 fully saturated rings. The van der Waals surface area contributed by atoms with Crippen molar-refractivity contribution in [2.75, 3.05) is 6.54 Å². The molecule has 0 aromatic heterocycles. The lowest BCUT2D eigenvalue weighted by molar-refractivity contribution is 0.481. The molecule has 15 heavy (non-hydrogen) atoms. The first-order chi connectivity index (χ1) is 7.33. The summed E-state index contributed by atoms with van der Waals surface area (Å²) in [7, 11) is 0. The lowest BCUT2D eigenvalue weighted by Gasteiger charge is -2.07. The fourth-order valence-corrected chi connectivity index (χ4v) is 1.86. The lowest BCUT2D eigenvalue weighted by atomic mass is 10.0. The Morgan fingerprint density at radius 3 is 2.47 bits per heavy atom. The molecule has 0 radical (unpaired) electrons. The summed E-state index contributed by atoms with van der Waals surface area (Å²) < 4.78 is 0. The summed E-state index contributed by atoms with van der Waals surface area (Å²) in [6.45, 7) is 0.704. The Morgan fingerprint density at radius 1 is 1.00 bits per heavy atom. The zero-order chi connectivity index (χ0) is 10.7. The predicted octanol–water partition coefficient (Wildman–Crippen LogP) is 2.44. The summed E-state index contributed by atoms with van der Waals surface area (Å²) in [6.07, 6.45) is 1.95. The van der Waals surface area contributed by atoms with Crippen LogP contribution in [0.5, 0.6) is 5.75 Å². The molecule has 0 aliphatic heterocycles. The van der Waals surface area contributed by atoms with Gasteiger partial charge in [0.2, 0.25) is 0 Å². The fourth-order valence-electron chi connectivity index (χ4n) is 1.86. The van der Waals surface area contributed by atoms with Crippen LogP contribution >= 0.6 is 0 Å². The third-order valence-corrected chi connectivity index (χ3v) is 2.64. The number of hydrogen-bond donors (Lipinski definition) is 2. The highest BCUT2D eigenvalue weighted by Crippen LogP contribution is 2.27. The average Bonchev–Trinajstić information content (AvgIpc) is 2.29. The van der Waals surface area contributed by atoms with Crippen LogP contribution < -0.4 is 5.73 Å². The van der Waals surface area contributed by atoms with Crippen LogP contribution in [-0.2, 0) is 6.42 Å². The molecular weight excluding hydrogens is 186 g/mol. The van der Waals surface area contributed by atoms with Crippen LogP contribution in [0.3, 0.4) is 0 Å². The zero-order valence-corrected chi connectivity index (χ0v) is 8.61. The topological polar surface area (TPSA) is 46.2 Å². The van der Waals surface area contributed by atoms with E-state index in [4.69, 9.17) is 5.73 Å². The molecule has 2 nitrogen and oxygen atoms in total. The number of hydrogen-bond acceptors (Lipinski definition) is 2. The average molecular weight is 201 g/mol. The van der Waals surface area contributed by atoms with Gasteiger partial charge in [0.1, 0.15) is 5.75 Å². The highest BCUT2D eigenvalue weighted by Gasteiger charge is 2.03. The standard InChI is InChI=1S/C13H15NO/c14-9-3-4-10-7-8-13(15)12-6-2-1-5-11(10)12/h1-2,5-8,15H,3-4,9,14H2. The Morgan fingerprint density at radius 2 is 1.73 bits per heavy atom. The van der Waals surface area contributed by atoms with E-state index >= 15 is 0 Å². The van der Waals surface area contributed by atoms with Gasteiger partial charge in [0, 0.05) is 5.39 Å². The predicted molar refractivity (Wildman–Crippen MR) is 63.0 cm³/mol. The van der Waals surface area contributed by atoms with Crippen molar-refractivity contribution in [3.8, 4) is 5.75 Å². The first-order valence-corrected chi connectivity index (χ1v) is 5.22. The third kappa shape index (κ3) is 1.95. The van der Waals surface area contributed by atoms with E-state index in [0.717, 1.165) is 23.6 Å². The monoisotopic (exact) mass is 201 g/mol. The minimum Gasteiger partial charge on any atom is -0.507 e. The van der Waals surface area contributed by atoms with Crippen LogP contribution in [0.25, 0.3) is 10.8 Å². The van der Waals surface area contributed by atoms with Gasteiger partial charge in [-0.2, -0.15) is 0 Å². The molecule has 0 spiro atoms. The van der Waals surface area contributed by atoms with Crippen molar-refractivity contribution in [3.63, 3.8) is 0 Å². The first-order valence-electron chi connectivity index (χ1n) is 5.22. The van der Waals surface area contributed by atoms with E-state index in [2.05, 4.69) is 0 Å². The summed E-state index contributed by atoms with van der Waals surface area (Å²) >= 11 is 0. The molecule has 0 aliphatic rings. The van der Waals surface area contributed by atoms with Crippen molar-refractivity contribution in [3.05, 3.63) is 42.0 Å². The van der Waals surface area contributed by atoms with Crippen LogP contribution in [0.15, 0.2) is 36.4 Å². The molecule has 3 N–H and O–H groups in total. The molecule has 0 saturated heterocycles. The van der Waals surface area contributed by atoms with Gasteiger partial charge < -0.3 is 10.8 Å². The van der Waals surface area contributed by atoms with Crippen molar-refractivity contribution in [2.24, 2.45) is 5.73 Å². The molecule has 78 valence electrons. The van der Waals surface area contributed by atoms with Gasteiger partial charge in [-0.05, 0) is 36.4 Å². The number of benzene rings is 2. The summed E-state index contributed by atoms with van der Waals surface area (Å²) in [4.78, 5) is 0. The van der Waals surface area contributed by atoms with Crippen molar-refractivity contribution in [1.29, 1.82) is 0 Å². The van der Waals surface area contributed by atoms with Crippen LogP contribution in [0, 0.1) is 0 Å². The Hall–Kier alpha value is -1.54. The van der Waals surface area contributed by atoms with Gasteiger partial charge in [-0.25, -0.2) is 0 Å². The molecule has 0 amide bonds.